The molecule has 0 unspecified atom stereocenters. The lowest BCUT2D eigenvalue weighted by Crippen LogP contribution is -2.09. The van der Waals surface area contributed by atoms with E-state index in [1.165, 1.54) is 6.07 Å². The molecule has 0 spiro atoms. The molecule has 0 bridgehead atoms. The molecule has 21 heavy (non-hydrogen) atoms. The maximum atomic E-state index is 12.5. The Hall–Kier alpha value is -2.75. The molecular weight excluding hydrogens is 268 g/mol. The SMILES string of the molecule is CCOc1c(-c2cccc(O)c2)oc2ccccc2c1=O. The molecule has 106 valence electrons. The Morgan fingerprint density at radius 1 is 1.14 bits per heavy atom. The molecule has 0 fully saturated rings. The van der Waals surface area contributed by atoms with E-state index in [2.05, 4.69) is 0 Å². The number of para-hydroxylation sites is 1. The lowest BCUT2D eigenvalue weighted by Gasteiger charge is -2.10. The first-order chi connectivity index (χ1) is 10.2. The van der Waals surface area contributed by atoms with Crippen LogP contribution in [0.15, 0.2) is 57.7 Å². The molecule has 0 amide bonds. The first kappa shape index (κ1) is 13.2. The van der Waals surface area contributed by atoms with Gasteiger partial charge in [0, 0.05) is 5.56 Å². The van der Waals surface area contributed by atoms with Crippen LogP contribution in [0.4, 0.5) is 0 Å². The van der Waals surface area contributed by atoms with Crippen molar-refractivity contribution in [3.8, 4) is 22.8 Å². The summed E-state index contributed by atoms with van der Waals surface area (Å²) in [6.07, 6.45) is 0. The van der Waals surface area contributed by atoms with E-state index in [9.17, 15) is 9.90 Å². The zero-order chi connectivity index (χ0) is 14.8. The highest BCUT2D eigenvalue weighted by Gasteiger charge is 2.17. The largest absolute Gasteiger partial charge is 0.508 e. The Kier molecular flexibility index (Phi) is 3.36. The van der Waals surface area contributed by atoms with Crippen LogP contribution in [0.25, 0.3) is 22.3 Å². The van der Waals surface area contributed by atoms with Crippen molar-refractivity contribution in [1.29, 1.82) is 0 Å². The third-order valence-corrected chi connectivity index (χ3v) is 3.15. The van der Waals surface area contributed by atoms with E-state index in [0.717, 1.165) is 0 Å². The summed E-state index contributed by atoms with van der Waals surface area (Å²) in [7, 11) is 0. The van der Waals surface area contributed by atoms with Crippen molar-refractivity contribution in [2.24, 2.45) is 0 Å². The van der Waals surface area contributed by atoms with Crippen LogP contribution in [0.1, 0.15) is 6.92 Å². The molecule has 1 heterocycles. The Morgan fingerprint density at radius 3 is 2.71 bits per heavy atom. The van der Waals surface area contributed by atoms with Crippen molar-refractivity contribution < 1.29 is 14.3 Å². The summed E-state index contributed by atoms with van der Waals surface area (Å²) >= 11 is 0. The van der Waals surface area contributed by atoms with E-state index in [1.807, 2.05) is 0 Å². The molecule has 0 aliphatic carbocycles. The monoisotopic (exact) mass is 282 g/mol. The van der Waals surface area contributed by atoms with E-state index in [0.29, 0.717) is 28.9 Å². The first-order valence-corrected chi connectivity index (χ1v) is 6.68. The number of hydrogen-bond acceptors (Lipinski definition) is 4. The van der Waals surface area contributed by atoms with E-state index in [4.69, 9.17) is 9.15 Å². The maximum Gasteiger partial charge on any atom is 0.235 e. The van der Waals surface area contributed by atoms with Gasteiger partial charge in [0.2, 0.25) is 11.2 Å². The first-order valence-electron chi connectivity index (χ1n) is 6.68. The highest BCUT2D eigenvalue weighted by Crippen LogP contribution is 2.32. The summed E-state index contributed by atoms with van der Waals surface area (Å²) in [5.74, 6) is 0.601. The fourth-order valence-electron chi connectivity index (χ4n) is 2.24. The van der Waals surface area contributed by atoms with Crippen LogP contribution in [-0.2, 0) is 0 Å². The zero-order valence-electron chi connectivity index (χ0n) is 11.5. The molecule has 4 heteroatoms. The third kappa shape index (κ3) is 2.36. The van der Waals surface area contributed by atoms with Gasteiger partial charge in [-0.15, -0.1) is 0 Å². The number of phenolic OH excluding ortho intramolecular Hbond substituents is 1. The van der Waals surface area contributed by atoms with E-state index in [-0.39, 0.29) is 16.9 Å². The van der Waals surface area contributed by atoms with Crippen LogP contribution in [0.3, 0.4) is 0 Å². The van der Waals surface area contributed by atoms with Gasteiger partial charge in [-0.2, -0.15) is 0 Å². The molecule has 0 aliphatic heterocycles. The Labute approximate surface area is 121 Å². The molecule has 0 aliphatic rings. The Morgan fingerprint density at radius 2 is 1.95 bits per heavy atom. The average Bonchev–Trinajstić information content (AvgIpc) is 2.50. The number of phenols is 1. The lowest BCUT2D eigenvalue weighted by molar-refractivity contribution is 0.330. The average molecular weight is 282 g/mol. The van der Waals surface area contributed by atoms with Gasteiger partial charge in [-0.05, 0) is 31.2 Å². The van der Waals surface area contributed by atoms with Crippen LogP contribution >= 0.6 is 0 Å². The summed E-state index contributed by atoms with van der Waals surface area (Å²) in [6.45, 7) is 2.16. The summed E-state index contributed by atoms with van der Waals surface area (Å²) in [4.78, 5) is 12.5. The molecule has 3 aromatic rings. The fraction of sp³-hybridized carbons (Fsp3) is 0.118. The predicted octanol–water partition coefficient (Wildman–Crippen LogP) is 3.56. The predicted molar refractivity (Wildman–Crippen MR) is 80.8 cm³/mol. The van der Waals surface area contributed by atoms with E-state index in [1.54, 1.807) is 49.4 Å². The normalized spacial score (nSPS) is 10.7. The number of benzene rings is 2. The van der Waals surface area contributed by atoms with Crippen LogP contribution < -0.4 is 10.2 Å². The maximum absolute atomic E-state index is 12.5. The molecule has 3 rings (SSSR count). The molecule has 0 atom stereocenters. The standard InChI is InChI=1S/C17H14O4/c1-2-20-17-15(19)13-8-3-4-9-14(13)21-16(17)11-6-5-7-12(18)10-11/h3-10,18H,2H2,1H3. The third-order valence-electron chi connectivity index (χ3n) is 3.15. The highest BCUT2D eigenvalue weighted by atomic mass is 16.5. The van der Waals surface area contributed by atoms with Crippen LogP contribution in [0.2, 0.25) is 0 Å². The van der Waals surface area contributed by atoms with Crippen molar-refractivity contribution in [3.05, 3.63) is 58.8 Å². The van der Waals surface area contributed by atoms with Gasteiger partial charge >= 0.3 is 0 Å². The minimum absolute atomic E-state index is 0.103. The molecule has 1 N–H and O–H groups in total. The molecule has 4 nitrogen and oxygen atoms in total. The number of rotatable bonds is 3. The molecule has 0 saturated carbocycles. The number of fused-ring (bicyclic) bond motifs is 1. The van der Waals surface area contributed by atoms with Crippen LogP contribution in [0.5, 0.6) is 11.5 Å². The molecule has 1 aromatic heterocycles. The zero-order valence-corrected chi connectivity index (χ0v) is 11.5. The van der Waals surface area contributed by atoms with E-state index >= 15 is 0 Å². The molecule has 0 saturated heterocycles. The number of hydrogen-bond donors (Lipinski definition) is 1. The Balaban J connectivity index is 2.35. The second-order valence-electron chi connectivity index (χ2n) is 4.57. The lowest BCUT2D eigenvalue weighted by atomic mass is 10.1. The molecule has 2 aromatic carbocycles. The van der Waals surface area contributed by atoms with Crippen molar-refractivity contribution in [3.63, 3.8) is 0 Å². The molecular formula is C17H14O4. The summed E-state index contributed by atoms with van der Waals surface area (Å²) in [5, 5.41) is 10.1. The van der Waals surface area contributed by atoms with Gasteiger partial charge in [-0.25, -0.2) is 0 Å². The Bertz CT molecular complexity index is 849. The minimum atomic E-state index is -0.211. The van der Waals surface area contributed by atoms with Crippen molar-refractivity contribution in [2.75, 3.05) is 6.61 Å². The van der Waals surface area contributed by atoms with Gasteiger partial charge in [0.25, 0.3) is 0 Å². The topological polar surface area (TPSA) is 59.7 Å². The summed E-state index contributed by atoms with van der Waals surface area (Å²) < 4.78 is 11.3. The van der Waals surface area contributed by atoms with Gasteiger partial charge in [-0.3, -0.25) is 4.79 Å². The fourth-order valence-corrected chi connectivity index (χ4v) is 2.24. The van der Waals surface area contributed by atoms with Crippen molar-refractivity contribution in [1.82, 2.24) is 0 Å². The highest BCUT2D eigenvalue weighted by molar-refractivity contribution is 5.82. The summed E-state index contributed by atoms with van der Waals surface area (Å²) in [6, 6.07) is 13.6. The van der Waals surface area contributed by atoms with Gasteiger partial charge in [0.1, 0.15) is 11.3 Å². The van der Waals surface area contributed by atoms with E-state index < -0.39 is 0 Å². The van der Waals surface area contributed by atoms with Crippen molar-refractivity contribution in [2.45, 2.75) is 6.92 Å². The second kappa shape index (κ2) is 5.32. The van der Waals surface area contributed by atoms with Gasteiger partial charge < -0.3 is 14.3 Å². The molecule has 0 radical (unpaired) electrons. The van der Waals surface area contributed by atoms with Crippen LogP contribution in [-0.4, -0.2) is 11.7 Å². The van der Waals surface area contributed by atoms with Gasteiger partial charge in [-0.1, -0.05) is 24.3 Å². The van der Waals surface area contributed by atoms with Gasteiger partial charge in [0.05, 0.1) is 12.0 Å². The summed E-state index contributed by atoms with van der Waals surface area (Å²) in [5.41, 5.74) is 0.877. The van der Waals surface area contributed by atoms with Crippen LogP contribution in [0, 0.1) is 0 Å². The second-order valence-corrected chi connectivity index (χ2v) is 4.57. The smallest absolute Gasteiger partial charge is 0.235 e. The number of aromatic hydroxyl groups is 1. The quantitative estimate of drug-likeness (QED) is 0.798. The van der Waals surface area contributed by atoms with Crippen molar-refractivity contribution >= 4 is 11.0 Å². The minimum Gasteiger partial charge on any atom is -0.508 e. The number of ether oxygens (including phenoxy) is 1. The van der Waals surface area contributed by atoms with Gasteiger partial charge in [0.15, 0.2) is 5.76 Å².